The third-order valence-corrected chi connectivity index (χ3v) is 5.17. The number of fused-ring (bicyclic) bond motifs is 1. The van der Waals surface area contributed by atoms with E-state index in [0.29, 0.717) is 12.0 Å². The molecule has 3 rings (SSSR count). The number of hydrogen-bond acceptors (Lipinski definition) is 3. The number of carbonyl (C=O) groups excluding carboxylic acids is 1. The molecule has 2 heterocycles. The van der Waals surface area contributed by atoms with E-state index in [1.165, 1.54) is 0 Å². The van der Waals surface area contributed by atoms with Crippen molar-refractivity contribution in [2.24, 2.45) is 0 Å². The van der Waals surface area contributed by atoms with E-state index in [1.54, 1.807) is 6.20 Å². The fraction of sp³-hybridized carbons (Fsp3) is 0.308. The van der Waals surface area contributed by atoms with Crippen molar-refractivity contribution < 1.29 is 13.2 Å². The summed E-state index contributed by atoms with van der Waals surface area (Å²) in [7, 11) is -2.97. The number of rotatable bonds is 2. The van der Waals surface area contributed by atoms with Crippen LogP contribution in [0.2, 0.25) is 0 Å². The van der Waals surface area contributed by atoms with E-state index < -0.39 is 9.84 Å². The largest absolute Gasteiger partial charge is 0.360 e. The van der Waals surface area contributed by atoms with Crippen LogP contribution in [0, 0.1) is 0 Å². The zero-order chi connectivity index (χ0) is 13.5. The first-order valence-electron chi connectivity index (χ1n) is 6.12. The van der Waals surface area contributed by atoms with Gasteiger partial charge in [-0.2, -0.15) is 0 Å². The molecule has 1 saturated heterocycles. The number of amides is 1. The second-order valence-corrected chi connectivity index (χ2v) is 7.05. The van der Waals surface area contributed by atoms with Crippen molar-refractivity contribution in [1.29, 1.82) is 0 Å². The molecule has 0 bridgehead atoms. The Hall–Kier alpha value is -1.82. The van der Waals surface area contributed by atoms with Gasteiger partial charge in [0.1, 0.15) is 0 Å². The van der Waals surface area contributed by atoms with E-state index >= 15 is 0 Å². The standard InChI is InChI=1S/C13H14N2O3S/c16-13(15-9-5-6-19(17,18)8-9)11-7-14-12-4-2-1-3-10(11)12/h1-4,7,9,14H,5-6,8H2,(H,15,16)/t9-/m0/s1. The SMILES string of the molecule is O=C(N[C@H]1CCS(=O)(=O)C1)c1c[nH]c2ccccc12. The third-order valence-electron chi connectivity index (χ3n) is 3.40. The fourth-order valence-corrected chi connectivity index (χ4v) is 4.10. The highest BCUT2D eigenvalue weighted by Crippen LogP contribution is 2.18. The molecule has 1 aromatic heterocycles. The van der Waals surface area contributed by atoms with Crippen molar-refractivity contribution in [3.8, 4) is 0 Å². The van der Waals surface area contributed by atoms with E-state index in [0.717, 1.165) is 10.9 Å². The van der Waals surface area contributed by atoms with E-state index in [9.17, 15) is 13.2 Å². The van der Waals surface area contributed by atoms with Crippen LogP contribution in [0.5, 0.6) is 0 Å². The minimum absolute atomic E-state index is 0.0428. The Bertz CT molecular complexity index is 733. The maximum absolute atomic E-state index is 12.2. The monoisotopic (exact) mass is 278 g/mol. The van der Waals surface area contributed by atoms with Crippen LogP contribution >= 0.6 is 0 Å². The van der Waals surface area contributed by atoms with Gasteiger partial charge in [0.05, 0.1) is 17.1 Å². The summed E-state index contributed by atoms with van der Waals surface area (Å²) in [5.41, 5.74) is 1.45. The molecule has 0 spiro atoms. The van der Waals surface area contributed by atoms with Gasteiger partial charge in [0.15, 0.2) is 9.84 Å². The number of H-pyrrole nitrogens is 1. The van der Waals surface area contributed by atoms with E-state index in [2.05, 4.69) is 10.3 Å². The normalized spacial score (nSPS) is 21.6. The molecule has 0 unspecified atom stereocenters. The van der Waals surface area contributed by atoms with E-state index in [4.69, 9.17) is 0 Å². The van der Waals surface area contributed by atoms with Crippen LogP contribution in [0.25, 0.3) is 10.9 Å². The number of sulfone groups is 1. The lowest BCUT2D eigenvalue weighted by molar-refractivity contribution is 0.0943. The Morgan fingerprint density at radius 3 is 2.84 bits per heavy atom. The first kappa shape index (κ1) is 12.2. The zero-order valence-electron chi connectivity index (χ0n) is 10.2. The van der Waals surface area contributed by atoms with Crippen molar-refractivity contribution in [2.45, 2.75) is 12.5 Å². The van der Waals surface area contributed by atoms with Crippen molar-refractivity contribution in [2.75, 3.05) is 11.5 Å². The smallest absolute Gasteiger partial charge is 0.253 e. The van der Waals surface area contributed by atoms with Gasteiger partial charge in [0.25, 0.3) is 5.91 Å². The van der Waals surface area contributed by atoms with Gasteiger partial charge >= 0.3 is 0 Å². The molecule has 0 aliphatic carbocycles. The zero-order valence-corrected chi connectivity index (χ0v) is 11.0. The Morgan fingerprint density at radius 2 is 2.11 bits per heavy atom. The molecular formula is C13H14N2O3S. The Balaban J connectivity index is 1.81. The number of para-hydroxylation sites is 1. The lowest BCUT2D eigenvalue weighted by atomic mass is 10.1. The van der Waals surface area contributed by atoms with Gasteiger partial charge in [0.2, 0.25) is 0 Å². The Kier molecular flexibility index (Phi) is 2.82. The summed E-state index contributed by atoms with van der Waals surface area (Å²) < 4.78 is 22.7. The van der Waals surface area contributed by atoms with Gasteiger partial charge in [-0.3, -0.25) is 4.79 Å². The van der Waals surface area contributed by atoms with Crippen LogP contribution in [-0.2, 0) is 9.84 Å². The van der Waals surface area contributed by atoms with Gasteiger partial charge < -0.3 is 10.3 Å². The van der Waals surface area contributed by atoms with Crippen LogP contribution in [0.1, 0.15) is 16.8 Å². The number of carbonyl (C=O) groups is 1. The lowest BCUT2D eigenvalue weighted by Gasteiger charge is -2.09. The maximum Gasteiger partial charge on any atom is 0.253 e. The van der Waals surface area contributed by atoms with E-state index in [1.807, 2.05) is 24.3 Å². The van der Waals surface area contributed by atoms with Crippen LogP contribution in [-0.4, -0.2) is 36.9 Å². The minimum atomic E-state index is -2.97. The molecule has 0 radical (unpaired) electrons. The van der Waals surface area contributed by atoms with E-state index in [-0.39, 0.29) is 23.5 Å². The highest BCUT2D eigenvalue weighted by molar-refractivity contribution is 7.91. The number of aromatic nitrogens is 1. The molecule has 6 heteroatoms. The van der Waals surface area contributed by atoms with Crippen molar-refractivity contribution >= 4 is 26.6 Å². The summed E-state index contributed by atoms with van der Waals surface area (Å²) in [6, 6.07) is 7.25. The third kappa shape index (κ3) is 2.35. The molecule has 100 valence electrons. The molecule has 2 aromatic rings. The Labute approximate surface area is 110 Å². The fourth-order valence-electron chi connectivity index (χ4n) is 2.43. The molecule has 5 nitrogen and oxygen atoms in total. The van der Waals surface area contributed by atoms with Gasteiger partial charge in [-0.1, -0.05) is 18.2 Å². The molecule has 19 heavy (non-hydrogen) atoms. The average Bonchev–Trinajstić information content (AvgIpc) is 2.92. The van der Waals surface area contributed by atoms with Gasteiger partial charge in [-0.15, -0.1) is 0 Å². The van der Waals surface area contributed by atoms with Gasteiger partial charge in [-0.05, 0) is 12.5 Å². The summed E-state index contributed by atoms with van der Waals surface area (Å²) in [4.78, 5) is 15.2. The molecular weight excluding hydrogens is 264 g/mol. The summed E-state index contributed by atoms with van der Waals surface area (Å²) >= 11 is 0. The summed E-state index contributed by atoms with van der Waals surface area (Å²) in [6.07, 6.45) is 2.15. The molecule has 1 amide bonds. The maximum atomic E-state index is 12.2. The number of nitrogens with one attached hydrogen (secondary N) is 2. The highest BCUT2D eigenvalue weighted by atomic mass is 32.2. The number of aromatic amines is 1. The molecule has 1 aliphatic rings. The topological polar surface area (TPSA) is 79.0 Å². The van der Waals surface area contributed by atoms with Gasteiger partial charge in [-0.25, -0.2) is 8.42 Å². The molecule has 1 aromatic carbocycles. The van der Waals surface area contributed by atoms with Crippen LogP contribution in [0.4, 0.5) is 0 Å². The number of hydrogen-bond donors (Lipinski definition) is 2. The predicted octanol–water partition coefficient (Wildman–Crippen LogP) is 1.08. The second-order valence-electron chi connectivity index (χ2n) is 4.82. The average molecular weight is 278 g/mol. The predicted molar refractivity (Wildman–Crippen MR) is 72.8 cm³/mol. The molecule has 1 atom stereocenters. The lowest BCUT2D eigenvalue weighted by Crippen LogP contribution is -2.35. The second kappa shape index (κ2) is 4.38. The summed E-state index contributed by atoms with van der Waals surface area (Å²) in [5.74, 6) is -0.0213. The molecule has 1 fully saturated rings. The Morgan fingerprint density at radius 1 is 1.32 bits per heavy atom. The van der Waals surface area contributed by atoms with Crippen LogP contribution < -0.4 is 5.32 Å². The highest BCUT2D eigenvalue weighted by Gasteiger charge is 2.29. The van der Waals surface area contributed by atoms with Gasteiger partial charge in [0, 0.05) is 23.1 Å². The quantitative estimate of drug-likeness (QED) is 0.863. The number of benzene rings is 1. The summed E-state index contributed by atoms with van der Waals surface area (Å²) in [5, 5.41) is 3.64. The first-order valence-corrected chi connectivity index (χ1v) is 7.95. The first-order chi connectivity index (χ1) is 9.05. The molecule has 1 aliphatic heterocycles. The van der Waals surface area contributed by atoms with Crippen molar-refractivity contribution in [1.82, 2.24) is 10.3 Å². The van der Waals surface area contributed by atoms with Crippen LogP contribution in [0.3, 0.4) is 0 Å². The van der Waals surface area contributed by atoms with Crippen LogP contribution in [0.15, 0.2) is 30.5 Å². The van der Waals surface area contributed by atoms with Crippen molar-refractivity contribution in [3.05, 3.63) is 36.0 Å². The van der Waals surface area contributed by atoms with Crippen molar-refractivity contribution in [3.63, 3.8) is 0 Å². The molecule has 2 N–H and O–H groups in total. The summed E-state index contributed by atoms with van der Waals surface area (Å²) in [6.45, 7) is 0. The minimum Gasteiger partial charge on any atom is -0.360 e. The molecule has 0 saturated carbocycles.